The summed E-state index contributed by atoms with van der Waals surface area (Å²) in [5.74, 6) is 0. The molecule has 0 saturated carbocycles. The lowest BCUT2D eigenvalue weighted by Gasteiger charge is -2.01. The summed E-state index contributed by atoms with van der Waals surface area (Å²) in [5.41, 5.74) is 0. The first kappa shape index (κ1) is 13.5. The summed E-state index contributed by atoms with van der Waals surface area (Å²) in [6, 6.07) is 0. The van der Waals surface area contributed by atoms with Gasteiger partial charge in [0.15, 0.2) is 0 Å². The third kappa shape index (κ3) is 17.7. The molecule has 0 bridgehead atoms. The first-order valence-electron chi connectivity index (χ1n) is 4.28. The highest BCUT2D eigenvalue weighted by Gasteiger charge is 1.83. The number of nitrogens with one attached hydrogen (secondary N) is 2. The van der Waals surface area contributed by atoms with Crippen molar-refractivity contribution in [2.45, 2.75) is 13.8 Å². The van der Waals surface area contributed by atoms with Gasteiger partial charge in [0.05, 0.1) is 13.2 Å². The molecule has 0 aromatic rings. The smallest absolute Gasteiger partial charge is 0.0591 e. The van der Waals surface area contributed by atoms with Gasteiger partial charge in [0.1, 0.15) is 0 Å². The van der Waals surface area contributed by atoms with Crippen molar-refractivity contribution in [2.24, 2.45) is 0 Å². The van der Waals surface area contributed by atoms with Gasteiger partial charge in [-0.3, -0.25) is 0 Å². The molecular formula is C8H22N2O. The van der Waals surface area contributed by atoms with Crippen LogP contribution in [0, 0.1) is 0 Å². The summed E-state index contributed by atoms with van der Waals surface area (Å²) >= 11 is 0. The number of likely N-dealkylation sites (N-methyl/N-ethyl adjacent to an activating group) is 2. The molecule has 0 fully saturated rings. The third-order valence-electron chi connectivity index (χ3n) is 0.993. The Labute approximate surface area is 70.5 Å². The van der Waals surface area contributed by atoms with Crippen molar-refractivity contribution in [1.29, 1.82) is 0 Å². The molecule has 0 atom stereocenters. The Balaban J connectivity index is 0. The van der Waals surface area contributed by atoms with E-state index in [9.17, 15) is 0 Å². The van der Waals surface area contributed by atoms with E-state index < -0.39 is 0 Å². The molecule has 0 aromatic carbocycles. The summed E-state index contributed by atoms with van der Waals surface area (Å²) in [5, 5.41) is 6.00. The summed E-state index contributed by atoms with van der Waals surface area (Å²) < 4.78 is 5.19. The van der Waals surface area contributed by atoms with Crippen molar-refractivity contribution in [3.63, 3.8) is 0 Å². The molecule has 0 aliphatic carbocycles. The summed E-state index contributed by atoms with van der Waals surface area (Å²) in [6.07, 6.45) is 0. The van der Waals surface area contributed by atoms with Crippen LogP contribution in [-0.4, -0.2) is 40.4 Å². The van der Waals surface area contributed by atoms with Gasteiger partial charge in [-0.25, -0.2) is 0 Å². The Hall–Kier alpha value is -0.120. The molecule has 0 unspecified atom stereocenters. The minimum Gasteiger partial charge on any atom is -0.379 e. The average molecular weight is 162 g/mol. The Morgan fingerprint density at radius 2 is 1.27 bits per heavy atom. The van der Waals surface area contributed by atoms with Crippen molar-refractivity contribution >= 4 is 0 Å². The maximum atomic E-state index is 5.19. The highest BCUT2D eigenvalue weighted by molar-refractivity contribution is 4.38. The minimum absolute atomic E-state index is 0.804. The molecule has 3 nitrogen and oxygen atoms in total. The number of ether oxygens (including phenoxy) is 1. The molecule has 0 aromatic heterocycles. The predicted molar refractivity (Wildman–Crippen MR) is 50.0 cm³/mol. The summed E-state index contributed by atoms with van der Waals surface area (Å²) in [4.78, 5) is 0. The molecular weight excluding hydrogens is 140 g/mol. The zero-order chi connectivity index (χ0) is 8.95. The molecule has 0 heterocycles. The second kappa shape index (κ2) is 16.5. The molecule has 2 N–H and O–H groups in total. The highest BCUT2D eigenvalue weighted by atomic mass is 16.5. The first-order chi connectivity index (χ1) is 5.41. The van der Waals surface area contributed by atoms with E-state index in [1.54, 1.807) is 0 Å². The molecule has 0 aliphatic heterocycles. The van der Waals surface area contributed by atoms with Gasteiger partial charge in [-0.1, -0.05) is 13.8 Å². The quantitative estimate of drug-likeness (QED) is 0.557. The van der Waals surface area contributed by atoms with Crippen LogP contribution in [0.5, 0.6) is 0 Å². The SMILES string of the molecule is CC.CNCCOCCNC. The van der Waals surface area contributed by atoms with E-state index >= 15 is 0 Å². The van der Waals surface area contributed by atoms with Crippen LogP contribution in [0.1, 0.15) is 13.8 Å². The van der Waals surface area contributed by atoms with Crippen molar-refractivity contribution in [1.82, 2.24) is 10.6 Å². The molecule has 0 rings (SSSR count). The summed E-state index contributed by atoms with van der Waals surface area (Å²) in [7, 11) is 3.84. The molecule has 0 amide bonds. The van der Waals surface area contributed by atoms with Crippen LogP contribution in [0.2, 0.25) is 0 Å². The van der Waals surface area contributed by atoms with Gasteiger partial charge in [-0.15, -0.1) is 0 Å². The van der Waals surface area contributed by atoms with E-state index in [4.69, 9.17) is 4.74 Å². The molecule has 3 heteroatoms. The molecule has 0 aliphatic rings. The van der Waals surface area contributed by atoms with Crippen molar-refractivity contribution in [3.8, 4) is 0 Å². The van der Waals surface area contributed by atoms with Crippen LogP contribution in [0.25, 0.3) is 0 Å². The zero-order valence-corrected chi connectivity index (χ0v) is 8.24. The van der Waals surface area contributed by atoms with E-state index in [1.807, 2.05) is 27.9 Å². The Kier molecular flexibility index (Phi) is 20.2. The maximum absolute atomic E-state index is 5.19. The number of hydrogen-bond donors (Lipinski definition) is 2. The van der Waals surface area contributed by atoms with Crippen LogP contribution >= 0.6 is 0 Å². The van der Waals surface area contributed by atoms with E-state index in [1.165, 1.54) is 0 Å². The van der Waals surface area contributed by atoms with Crippen LogP contribution in [0.3, 0.4) is 0 Å². The van der Waals surface area contributed by atoms with Crippen molar-refractivity contribution < 1.29 is 4.74 Å². The standard InChI is InChI=1S/C6H16N2O.C2H6/c1-7-3-5-9-6-4-8-2;1-2/h7-8H,3-6H2,1-2H3;1-2H3. The monoisotopic (exact) mass is 162 g/mol. The van der Waals surface area contributed by atoms with E-state index in [-0.39, 0.29) is 0 Å². The van der Waals surface area contributed by atoms with Crippen LogP contribution in [0.4, 0.5) is 0 Å². The van der Waals surface area contributed by atoms with Crippen molar-refractivity contribution in [3.05, 3.63) is 0 Å². The number of hydrogen-bond acceptors (Lipinski definition) is 3. The lowest BCUT2D eigenvalue weighted by atomic mass is 10.6. The summed E-state index contributed by atoms with van der Waals surface area (Å²) in [6.45, 7) is 7.48. The van der Waals surface area contributed by atoms with E-state index in [0.29, 0.717) is 0 Å². The van der Waals surface area contributed by atoms with Gasteiger partial charge in [-0.05, 0) is 14.1 Å². The van der Waals surface area contributed by atoms with Gasteiger partial charge in [-0.2, -0.15) is 0 Å². The highest BCUT2D eigenvalue weighted by Crippen LogP contribution is 1.69. The maximum Gasteiger partial charge on any atom is 0.0591 e. The Morgan fingerprint density at radius 3 is 1.55 bits per heavy atom. The molecule has 0 saturated heterocycles. The zero-order valence-electron chi connectivity index (χ0n) is 8.24. The fraction of sp³-hybridized carbons (Fsp3) is 1.00. The van der Waals surface area contributed by atoms with Gasteiger partial charge >= 0.3 is 0 Å². The third-order valence-corrected chi connectivity index (χ3v) is 0.993. The molecule has 0 radical (unpaired) electrons. The largest absolute Gasteiger partial charge is 0.379 e. The molecule has 70 valence electrons. The van der Waals surface area contributed by atoms with Crippen LogP contribution < -0.4 is 10.6 Å². The lowest BCUT2D eigenvalue weighted by Crippen LogP contribution is -2.19. The molecule has 11 heavy (non-hydrogen) atoms. The second-order valence-electron chi connectivity index (χ2n) is 1.82. The van der Waals surface area contributed by atoms with Crippen molar-refractivity contribution in [2.75, 3.05) is 40.4 Å². The van der Waals surface area contributed by atoms with Gasteiger partial charge in [0.2, 0.25) is 0 Å². The number of rotatable bonds is 6. The van der Waals surface area contributed by atoms with E-state index in [2.05, 4.69) is 10.6 Å². The molecule has 0 spiro atoms. The average Bonchev–Trinajstić information content (AvgIpc) is 2.08. The Morgan fingerprint density at radius 1 is 0.909 bits per heavy atom. The normalized spacial score (nSPS) is 8.73. The van der Waals surface area contributed by atoms with Gasteiger partial charge in [0, 0.05) is 13.1 Å². The fourth-order valence-electron chi connectivity index (χ4n) is 0.451. The van der Waals surface area contributed by atoms with Gasteiger partial charge in [0.25, 0.3) is 0 Å². The Bertz CT molecular complexity index is 45.4. The first-order valence-corrected chi connectivity index (χ1v) is 4.28. The fourth-order valence-corrected chi connectivity index (χ4v) is 0.451. The van der Waals surface area contributed by atoms with Crippen LogP contribution in [0.15, 0.2) is 0 Å². The van der Waals surface area contributed by atoms with Crippen LogP contribution in [-0.2, 0) is 4.74 Å². The second-order valence-corrected chi connectivity index (χ2v) is 1.82. The van der Waals surface area contributed by atoms with E-state index in [0.717, 1.165) is 26.3 Å². The van der Waals surface area contributed by atoms with Gasteiger partial charge < -0.3 is 15.4 Å². The lowest BCUT2D eigenvalue weighted by molar-refractivity contribution is 0.140. The predicted octanol–water partition coefficient (Wildman–Crippen LogP) is 0.468. The topological polar surface area (TPSA) is 33.3 Å². The minimum atomic E-state index is 0.804.